The monoisotopic (exact) mass is 364 g/mol. The van der Waals surface area contributed by atoms with Crippen LogP contribution in [0.25, 0.3) is 16.9 Å². The maximum Gasteiger partial charge on any atom is 0.123 e. The van der Waals surface area contributed by atoms with Crippen LogP contribution in [0.1, 0.15) is 18.2 Å². The number of benzene rings is 2. The van der Waals surface area contributed by atoms with Gasteiger partial charge in [-0.3, -0.25) is 0 Å². The van der Waals surface area contributed by atoms with Gasteiger partial charge in [0, 0.05) is 24.5 Å². The van der Waals surface area contributed by atoms with Gasteiger partial charge in [-0.15, -0.1) is 0 Å². The van der Waals surface area contributed by atoms with Gasteiger partial charge in [0.25, 0.3) is 0 Å². The molecule has 0 bridgehead atoms. The maximum absolute atomic E-state index is 13.5. The Morgan fingerprint density at radius 2 is 1.63 bits per heavy atom. The Hall–Kier alpha value is -2.59. The molecule has 0 radical (unpaired) electrons. The molecule has 0 spiro atoms. The topological polar surface area (TPSA) is 17.4 Å². The lowest BCUT2D eigenvalue weighted by Gasteiger charge is -2.28. The number of anilines is 1. The van der Waals surface area contributed by atoms with Gasteiger partial charge in [0.1, 0.15) is 5.82 Å². The number of aryl methyl sites for hydroxylation is 1. The van der Waals surface area contributed by atoms with Crippen LogP contribution in [0.4, 0.5) is 10.1 Å². The first-order valence-corrected chi connectivity index (χ1v) is 9.57. The van der Waals surface area contributed by atoms with E-state index in [1.165, 1.54) is 28.9 Å². The number of rotatable bonds is 4. The lowest BCUT2D eigenvalue weighted by molar-refractivity contribution is 0.122. The third-order valence-electron chi connectivity index (χ3n) is 5.31. The number of aromatic nitrogens is 1. The Morgan fingerprint density at radius 1 is 0.963 bits per heavy atom. The average Bonchev–Trinajstić information content (AvgIpc) is 3.06. The van der Waals surface area contributed by atoms with Crippen LogP contribution in [0.2, 0.25) is 0 Å². The molecule has 140 valence electrons. The summed E-state index contributed by atoms with van der Waals surface area (Å²) in [6, 6.07) is 17.7. The maximum atomic E-state index is 13.5. The number of halogens is 1. The van der Waals surface area contributed by atoms with Gasteiger partial charge >= 0.3 is 0 Å². The van der Waals surface area contributed by atoms with Gasteiger partial charge in [-0.05, 0) is 54.8 Å². The van der Waals surface area contributed by atoms with Crippen molar-refractivity contribution in [2.45, 2.75) is 20.3 Å². The predicted molar refractivity (Wildman–Crippen MR) is 108 cm³/mol. The highest BCUT2D eigenvalue weighted by Gasteiger charge is 2.20. The van der Waals surface area contributed by atoms with Crippen molar-refractivity contribution < 1.29 is 9.13 Å². The Kier molecular flexibility index (Phi) is 4.99. The molecule has 2 heterocycles. The fraction of sp³-hybridized carbons (Fsp3) is 0.304. The molecular weight excluding hydrogens is 339 g/mol. The molecule has 1 fully saturated rings. The molecule has 3 nitrogen and oxygen atoms in total. The molecule has 3 aromatic rings. The molecule has 4 rings (SSSR count). The first kappa shape index (κ1) is 17.8. The zero-order valence-electron chi connectivity index (χ0n) is 15.9. The second-order valence-electron chi connectivity index (χ2n) is 6.96. The van der Waals surface area contributed by atoms with Gasteiger partial charge in [-0.2, -0.15) is 0 Å². The normalized spacial score (nSPS) is 14.6. The van der Waals surface area contributed by atoms with Crippen LogP contribution in [0, 0.1) is 12.7 Å². The van der Waals surface area contributed by atoms with Crippen LogP contribution >= 0.6 is 0 Å². The second kappa shape index (κ2) is 7.57. The lowest BCUT2D eigenvalue weighted by atomic mass is 10.1. The molecule has 0 atom stereocenters. The number of hydrogen-bond acceptors (Lipinski definition) is 2. The standard InChI is InChI=1S/C23H25FN2O/c1-3-18-4-6-19(7-5-18)23-16-22(25-12-14-27-15-13-25)17(2)26(23)21-10-8-20(24)9-11-21/h4-11,16H,3,12-15H2,1-2H3. The molecular formula is C23H25FN2O. The molecule has 0 saturated carbocycles. The van der Waals surface area contributed by atoms with Crippen molar-refractivity contribution in [3.05, 3.63) is 71.7 Å². The third kappa shape index (κ3) is 3.50. The van der Waals surface area contributed by atoms with Gasteiger partial charge in [-0.25, -0.2) is 4.39 Å². The van der Waals surface area contributed by atoms with Gasteiger partial charge < -0.3 is 14.2 Å². The van der Waals surface area contributed by atoms with E-state index in [-0.39, 0.29) is 5.82 Å². The van der Waals surface area contributed by atoms with Crippen LogP contribution in [-0.2, 0) is 11.2 Å². The van der Waals surface area contributed by atoms with E-state index in [9.17, 15) is 4.39 Å². The van der Waals surface area contributed by atoms with Crippen molar-refractivity contribution in [1.82, 2.24) is 4.57 Å². The Morgan fingerprint density at radius 3 is 2.26 bits per heavy atom. The van der Waals surface area contributed by atoms with Crippen molar-refractivity contribution in [2.24, 2.45) is 0 Å². The lowest BCUT2D eigenvalue weighted by Crippen LogP contribution is -2.36. The van der Waals surface area contributed by atoms with E-state index in [0.717, 1.165) is 49.8 Å². The predicted octanol–water partition coefficient (Wildman–Crippen LogP) is 4.99. The molecule has 2 aromatic carbocycles. The molecule has 0 unspecified atom stereocenters. The number of hydrogen-bond donors (Lipinski definition) is 0. The quantitative estimate of drug-likeness (QED) is 0.649. The Labute approximate surface area is 160 Å². The molecule has 0 N–H and O–H groups in total. The summed E-state index contributed by atoms with van der Waals surface area (Å²) in [4.78, 5) is 2.38. The van der Waals surface area contributed by atoms with E-state index < -0.39 is 0 Å². The highest BCUT2D eigenvalue weighted by Crippen LogP contribution is 2.35. The minimum absolute atomic E-state index is 0.217. The summed E-state index contributed by atoms with van der Waals surface area (Å²) in [6.07, 6.45) is 1.03. The van der Waals surface area contributed by atoms with Crippen molar-refractivity contribution in [3.8, 4) is 16.9 Å². The minimum atomic E-state index is -0.217. The number of nitrogens with zero attached hydrogens (tertiary/aromatic N) is 2. The molecule has 4 heteroatoms. The van der Waals surface area contributed by atoms with E-state index >= 15 is 0 Å². The van der Waals surface area contributed by atoms with Gasteiger partial charge in [0.2, 0.25) is 0 Å². The van der Waals surface area contributed by atoms with E-state index in [0.29, 0.717) is 0 Å². The number of ether oxygens (including phenoxy) is 1. The molecule has 1 aromatic heterocycles. The van der Waals surface area contributed by atoms with Crippen molar-refractivity contribution in [2.75, 3.05) is 31.2 Å². The Balaban J connectivity index is 1.85. The summed E-state index contributed by atoms with van der Waals surface area (Å²) in [7, 11) is 0. The highest BCUT2D eigenvalue weighted by molar-refractivity contribution is 5.72. The van der Waals surface area contributed by atoms with Crippen LogP contribution < -0.4 is 4.90 Å². The van der Waals surface area contributed by atoms with Crippen LogP contribution in [-0.4, -0.2) is 30.9 Å². The second-order valence-corrected chi connectivity index (χ2v) is 6.96. The molecule has 0 aliphatic carbocycles. The van der Waals surface area contributed by atoms with E-state index in [1.807, 2.05) is 12.1 Å². The van der Waals surface area contributed by atoms with E-state index in [4.69, 9.17) is 4.74 Å². The fourth-order valence-corrected chi connectivity index (χ4v) is 3.76. The molecule has 1 aliphatic heterocycles. The zero-order chi connectivity index (χ0) is 18.8. The van der Waals surface area contributed by atoms with Gasteiger partial charge in [0.15, 0.2) is 0 Å². The molecule has 27 heavy (non-hydrogen) atoms. The largest absolute Gasteiger partial charge is 0.378 e. The SMILES string of the molecule is CCc1ccc(-c2cc(N3CCOCC3)c(C)n2-c2ccc(F)cc2)cc1. The zero-order valence-corrected chi connectivity index (χ0v) is 15.9. The average molecular weight is 364 g/mol. The van der Waals surface area contributed by atoms with E-state index in [1.54, 1.807) is 0 Å². The number of morpholine rings is 1. The summed E-state index contributed by atoms with van der Waals surface area (Å²) >= 11 is 0. The highest BCUT2D eigenvalue weighted by atomic mass is 19.1. The first-order chi connectivity index (χ1) is 13.2. The van der Waals surface area contributed by atoms with E-state index in [2.05, 4.69) is 53.6 Å². The molecule has 1 saturated heterocycles. The molecule has 0 amide bonds. The first-order valence-electron chi connectivity index (χ1n) is 9.57. The fourth-order valence-electron chi connectivity index (χ4n) is 3.76. The third-order valence-corrected chi connectivity index (χ3v) is 5.31. The van der Waals surface area contributed by atoms with Crippen molar-refractivity contribution in [1.29, 1.82) is 0 Å². The molecule has 1 aliphatic rings. The summed E-state index contributed by atoms with van der Waals surface area (Å²) < 4.78 is 21.2. The summed E-state index contributed by atoms with van der Waals surface area (Å²) in [6.45, 7) is 7.59. The summed E-state index contributed by atoms with van der Waals surface area (Å²) in [5, 5.41) is 0. The van der Waals surface area contributed by atoms with Gasteiger partial charge in [0.05, 0.1) is 24.6 Å². The van der Waals surface area contributed by atoms with Crippen LogP contribution in [0.5, 0.6) is 0 Å². The van der Waals surface area contributed by atoms with Crippen LogP contribution in [0.15, 0.2) is 54.6 Å². The smallest absolute Gasteiger partial charge is 0.123 e. The minimum Gasteiger partial charge on any atom is -0.378 e. The van der Waals surface area contributed by atoms with Crippen molar-refractivity contribution >= 4 is 5.69 Å². The van der Waals surface area contributed by atoms with Crippen LogP contribution in [0.3, 0.4) is 0 Å². The Bertz CT molecular complexity index is 907. The summed E-state index contributed by atoms with van der Waals surface area (Å²) in [5.74, 6) is -0.217. The van der Waals surface area contributed by atoms with Gasteiger partial charge in [-0.1, -0.05) is 31.2 Å². The van der Waals surface area contributed by atoms with Crippen molar-refractivity contribution in [3.63, 3.8) is 0 Å². The summed E-state index contributed by atoms with van der Waals surface area (Å²) in [5.41, 5.74) is 6.98.